The highest BCUT2D eigenvalue weighted by atomic mass is 33.1. The third-order valence-corrected chi connectivity index (χ3v) is 23.8. The maximum atomic E-state index is 13.8. The lowest BCUT2D eigenvalue weighted by Gasteiger charge is -2.31. The van der Waals surface area contributed by atoms with Crippen molar-refractivity contribution in [2.75, 3.05) is 59.8 Å². The van der Waals surface area contributed by atoms with Crippen LogP contribution in [0.25, 0.3) is 0 Å². The highest BCUT2D eigenvalue weighted by molar-refractivity contribution is 8.76. The van der Waals surface area contributed by atoms with Gasteiger partial charge < -0.3 is 86.5 Å². The molecular weight excluding hydrogens is 1560 g/mol. The van der Waals surface area contributed by atoms with Gasteiger partial charge in [0.05, 0.1) is 53.5 Å². The number of carboxylic acids is 3. The number of aromatic nitrogens is 2. The Morgan fingerprint density at radius 2 is 1.42 bits per heavy atom. The number of ether oxygens (including phenoxy) is 1. The Bertz CT molecular complexity index is 4200. The van der Waals surface area contributed by atoms with Crippen LogP contribution in [-0.2, 0) is 87.3 Å². The van der Waals surface area contributed by atoms with Crippen molar-refractivity contribution in [2.45, 2.75) is 175 Å². The number of anilines is 3. The second-order valence-electron chi connectivity index (χ2n) is 25.8. The van der Waals surface area contributed by atoms with Crippen LogP contribution < -0.4 is 47.8 Å². The van der Waals surface area contributed by atoms with Gasteiger partial charge >= 0.3 is 40.8 Å². The Labute approximate surface area is 635 Å². The number of amides is 5. The molecule has 0 saturated carbocycles. The van der Waals surface area contributed by atoms with Crippen LogP contribution in [0.5, 0.6) is 0 Å². The lowest BCUT2D eigenvalue weighted by atomic mass is 9.80. The SMILES string of the molecule is CCN1c2ccc(S(=O)(=O)O)cc2C(C)(C)C1C=CC=CC=C1N(CCCCCC(=O)NC(CSSCCC(=O)NCC#Cc2cn([C@H]3CC(O)[C@@H](COPOP(O)OP(O)O)O3)c(=O)nc2N)C(=O)NCCCCCC(=O)NC(CC(=O)O)C(=O)NC(CC(=O)O)C(=O)O)c2ccc(S(=O)(=O)O)cc2C1(C)C. The Hall–Kier alpha value is -7.25. The third kappa shape index (κ3) is 26.8. The fourth-order valence-corrected chi connectivity index (χ4v) is 16.7. The summed E-state index contributed by atoms with van der Waals surface area (Å²) in [6.45, 7) is 10.6. The molecule has 36 nitrogen and oxygen atoms in total. The van der Waals surface area contributed by atoms with E-state index in [1.807, 2.05) is 70.3 Å². The van der Waals surface area contributed by atoms with Gasteiger partial charge in [-0.1, -0.05) is 98.3 Å². The van der Waals surface area contributed by atoms with Gasteiger partial charge in [0.25, 0.3) is 20.2 Å². The molecule has 0 aliphatic carbocycles. The molecule has 0 bridgehead atoms. The quantitative estimate of drug-likeness (QED) is 0.00954. The number of carboxylic acid groups (broad SMARTS) is 3. The van der Waals surface area contributed by atoms with Crippen molar-refractivity contribution in [1.82, 2.24) is 36.1 Å². The van der Waals surface area contributed by atoms with Crippen LogP contribution in [0.15, 0.2) is 93.3 Å². The maximum Gasteiger partial charge on any atom is 0.351 e. The number of unbranched alkanes of at least 4 members (excludes halogenated alkanes) is 4. The molecule has 1 aromatic heterocycles. The Kier molecular flexibility index (Phi) is 34.6. The number of rotatable bonds is 43. The monoisotopic (exact) mass is 1650 g/mol. The summed E-state index contributed by atoms with van der Waals surface area (Å²) >= 11 is 0. The first-order valence-corrected chi connectivity index (χ1v) is 42.1. The average Bonchev–Trinajstić information content (AvgIpc) is 1.59. The predicted molar refractivity (Wildman–Crippen MR) is 401 cm³/mol. The number of benzene rings is 2. The molecule has 16 N–H and O–H groups in total. The largest absolute Gasteiger partial charge is 0.481 e. The molecule has 1 fully saturated rings. The third-order valence-electron chi connectivity index (χ3n) is 17.3. The molecule has 0 spiro atoms. The number of aliphatic hydroxyl groups is 1. The first-order valence-electron chi connectivity index (χ1n) is 33.6. The smallest absolute Gasteiger partial charge is 0.351 e. The number of hydrogen-bond acceptors (Lipinski definition) is 27. The van der Waals surface area contributed by atoms with E-state index in [-0.39, 0.29) is 90.5 Å². The minimum absolute atomic E-state index is 0.000316. The van der Waals surface area contributed by atoms with Gasteiger partial charge in [-0.15, -0.1) is 0 Å². The highest BCUT2D eigenvalue weighted by Crippen LogP contribution is 2.51. The summed E-state index contributed by atoms with van der Waals surface area (Å²) in [4.78, 5) is 148. The molecule has 4 heterocycles. The molecule has 7 unspecified atom stereocenters. The molecule has 3 aliphatic rings. The van der Waals surface area contributed by atoms with Crippen molar-refractivity contribution in [3.05, 3.63) is 106 Å². The predicted octanol–water partition coefficient (Wildman–Crippen LogP) is 3.90. The molecule has 2 aromatic carbocycles. The molecule has 5 amide bonds. The summed E-state index contributed by atoms with van der Waals surface area (Å²) in [7, 11) is -12.9. The van der Waals surface area contributed by atoms with Gasteiger partial charge in [0.15, 0.2) is 9.03 Å². The van der Waals surface area contributed by atoms with Crippen molar-refractivity contribution < 1.29 is 117 Å². The number of hydrogen-bond donors (Lipinski definition) is 15. The van der Waals surface area contributed by atoms with E-state index in [4.69, 9.17) is 34.2 Å². The number of aliphatic carboxylic acids is 3. The molecule has 108 heavy (non-hydrogen) atoms. The molecule has 0 radical (unpaired) electrons. The van der Waals surface area contributed by atoms with Crippen molar-refractivity contribution in [3.8, 4) is 11.8 Å². The van der Waals surface area contributed by atoms with Crippen LogP contribution in [0.1, 0.15) is 135 Å². The summed E-state index contributed by atoms with van der Waals surface area (Å²) in [5.41, 5.74) is 7.72. The summed E-state index contributed by atoms with van der Waals surface area (Å²) in [6.07, 6.45) is 7.80. The zero-order valence-electron chi connectivity index (χ0n) is 59.3. The summed E-state index contributed by atoms with van der Waals surface area (Å²) in [5.74, 6) is -2.55. The summed E-state index contributed by atoms with van der Waals surface area (Å²) < 4.78 is 89.9. The standard InChI is InChI=1S/C65H89N10O26P3S4/c1-6-73-47-24-22-40(107(92,93)94)31-42(47)64(2,3)51(73)18-10-7-11-19-52-65(4,5)43-32-41(108(95,96)97)23-25-48(43)74(52)29-15-9-13-21-55(79)70-46(60(84)68-27-14-8-12-20-54(78)69-44(33-57(80)81)61(85)71-45(62(86)87)34-58(82)83)38-106-105-30-26-53(77)67-28-16-17-39-36-75(63(88)72-59(39)66)56-35-49(76)50(99-56)37-98-102-100-104(91)101-103(89)90/h7,10-11,18-19,22-25,31-32,36,44-46,49-51,56,76,89-91,102H,6,8-9,12-15,20-21,26-30,33-35,37-38H2,1-5H3,(H,67,77)(H,68,84)(H,69,78)(H,70,79)(H,71,85)(H,80,81)(H,82,83)(H,86,87)(H2,66,72,88)(H,92,93,94)(H,95,96,97)/t44?,45?,46?,49?,50-,51?,56-,104?/m1/s1. The number of nitrogens with zero attached hydrogens (tertiary/aromatic N) is 4. The van der Waals surface area contributed by atoms with Crippen molar-refractivity contribution in [1.29, 1.82) is 0 Å². The van der Waals surface area contributed by atoms with Gasteiger partial charge in [-0.2, -0.15) is 21.8 Å². The fourth-order valence-electron chi connectivity index (χ4n) is 11.9. The summed E-state index contributed by atoms with van der Waals surface area (Å²) in [6, 6.07) is 4.07. The van der Waals surface area contributed by atoms with Gasteiger partial charge in [0, 0.05) is 90.9 Å². The molecule has 3 aliphatic heterocycles. The van der Waals surface area contributed by atoms with E-state index in [1.54, 1.807) is 12.1 Å². The van der Waals surface area contributed by atoms with Crippen molar-refractivity contribution >= 4 is 133 Å². The average molecular weight is 1650 g/mol. The number of nitrogens with two attached hydrogens (primary N) is 1. The minimum atomic E-state index is -4.57. The van der Waals surface area contributed by atoms with Crippen molar-refractivity contribution in [3.63, 3.8) is 0 Å². The molecule has 43 heteroatoms. The van der Waals surface area contributed by atoms with Crippen LogP contribution in [0, 0.1) is 11.8 Å². The molecular formula is C65H89N10O26P3S4. The van der Waals surface area contributed by atoms with Crippen LogP contribution in [0.2, 0.25) is 0 Å². The molecule has 1 saturated heterocycles. The maximum absolute atomic E-state index is 13.8. The van der Waals surface area contributed by atoms with E-state index < -0.39 is 160 Å². The first-order chi connectivity index (χ1) is 50.8. The molecule has 6 rings (SSSR count). The first kappa shape index (κ1) is 89.6. The zero-order chi connectivity index (χ0) is 79.8. The fraction of sp³-hybridized carbons (Fsp3) is 0.508. The van der Waals surface area contributed by atoms with Gasteiger partial charge in [0.2, 0.25) is 29.5 Å². The highest BCUT2D eigenvalue weighted by Gasteiger charge is 2.44. The van der Waals surface area contributed by atoms with Crippen LogP contribution in [0.4, 0.5) is 17.2 Å². The Morgan fingerprint density at radius 1 is 0.787 bits per heavy atom. The number of carbonyl (C=O) groups is 8. The lowest BCUT2D eigenvalue weighted by molar-refractivity contribution is -0.148. The number of nitrogens with one attached hydrogen (secondary N) is 5. The Balaban J connectivity index is 1.04. The van der Waals surface area contributed by atoms with Gasteiger partial charge in [-0.05, 0) is 86.2 Å². The number of nitrogen functional groups attached to an aromatic ring is 1. The number of aliphatic hydroxyl groups excluding tert-OH is 1. The van der Waals surface area contributed by atoms with E-state index in [1.165, 1.54) is 52.1 Å². The van der Waals surface area contributed by atoms with Gasteiger partial charge in [-0.25, -0.2) is 13.9 Å². The number of allylic oxidation sites excluding steroid dienone is 5. The molecule has 3 aromatic rings. The van der Waals surface area contributed by atoms with E-state index >= 15 is 0 Å². The van der Waals surface area contributed by atoms with E-state index in [2.05, 4.69) is 52.2 Å². The zero-order valence-corrected chi connectivity index (χ0v) is 65.3. The van der Waals surface area contributed by atoms with E-state index in [9.17, 15) is 89.3 Å². The number of carbonyl (C=O) groups excluding carboxylic acids is 5. The summed E-state index contributed by atoms with van der Waals surface area (Å²) in [5, 5.41) is 50.7. The van der Waals surface area contributed by atoms with Gasteiger partial charge in [-0.3, -0.25) is 51.5 Å². The Morgan fingerprint density at radius 3 is 2.05 bits per heavy atom. The number of likely N-dealkylation sites (N-methyl/N-ethyl adjacent to an activating group) is 1. The van der Waals surface area contributed by atoms with Crippen molar-refractivity contribution in [2.24, 2.45) is 0 Å². The molecule has 9 atom stereocenters. The van der Waals surface area contributed by atoms with Gasteiger partial charge in [0.1, 0.15) is 36.3 Å². The van der Waals surface area contributed by atoms with E-state index in [0.29, 0.717) is 56.4 Å². The topological polar surface area (TPSA) is 551 Å². The minimum Gasteiger partial charge on any atom is -0.481 e. The van der Waals surface area contributed by atoms with Crippen LogP contribution in [-0.4, -0.2) is 199 Å². The second-order valence-corrected chi connectivity index (χ2v) is 34.1. The molecule has 594 valence electrons. The van der Waals surface area contributed by atoms with E-state index in [0.717, 1.165) is 21.5 Å². The number of fused-ring (bicyclic) bond motifs is 2. The van der Waals surface area contributed by atoms with Crippen LogP contribution in [0.3, 0.4) is 0 Å². The lowest BCUT2D eigenvalue weighted by Crippen LogP contribution is -2.52. The van der Waals surface area contributed by atoms with Crippen LogP contribution >= 0.6 is 47.8 Å². The second kappa shape index (κ2) is 41.7. The normalized spacial score (nSPS) is 18.9.